The molecule has 0 aliphatic heterocycles. The van der Waals surface area contributed by atoms with Gasteiger partial charge in [0.25, 0.3) is 5.91 Å². The molecule has 2 aromatic rings. The summed E-state index contributed by atoms with van der Waals surface area (Å²) in [4.78, 5) is 24.7. The van der Waals surface area contributed by atoms with Crippen LogP contribution in [0.2, 0.25) is 5.02 Å². The van der Waals surface area contributed by atoms with Crippen LogP contribution in [0.4, 0.5) is 24.5 Å². The van der Waals surface area contributed by atoms with E-state index in [0.717, 1.165) is 12.8 Å². The molecule has 3 N–H and O–H groups in total. The average Bonchev–Trinajstić information content (AvgIpc) is 3.49. The zero-order valence-corrected chi connectivity index (χ0v) is 16.4. The molecule has 0 aromatic heterocycles. The highest BCUT2D eigenvalue weighted by atomic mass is 35.5. The van der Waals surface area contributed by atoms with E-state index in [4.69, 9.17) is 16.3 Å². The van der Waals surface area contributed by atoms with Crippen molar-refractivity contribution in [3.05, 3.63) is 53.1 Å². The monoisotopic (exact) mass is 441 g/mol. The number of amides is 2. The van der Waals surface area contributed by atoms with E-state index in [1.165, 1.54) is 18.2 Å². The highest BCUT2D eigenvalue weighted by Crippen LogP contribution is 2.29. The molecular weight excluding hydrogens is 423 g/mol. The lowest BCUT2D eigenvalue weighted by molar-refractivity contribution is -0.153. The number of carbonyl (C=O) groups is 2. The first-order valence-electron chi connectivity index (χ1n) is 9.14. The second kappa shape index (κ2) is 9.25. The van der Waals surface area contributed by atoms with Crippen LogP contribution in [0.15, 0.2) is 42.5 Å². The van der Waals surface area contributed by atoms with Crippen molar-refractivity contribution in [1.82, 2.24) is 5.32 Å². The number of hydrogen-bond donors (Lipinski definition) is 3. The highest BCUT2D eigenvalue weighted by Gasteiger charge is 2.29. The Bertz CT molecular complexity index is 933. The average molecular weight is 442 g/mol. The standard InChI is InChI=1S/C20H19ClF3N3O3/c21-12-5-8-17(30-11-20(22,23)24)16(9-12)25-10-18(28)27-15-4-2-1-3-14(15)19(29)26-13-6-7-13/h1-5,8-9,13,25H,6-7,10-11H2,(H,26,29)(H,27,28). The van der Waals surface area contributed by atoms with E-state index >= 15 is 0 Å². The van der Waals surface area contributed by atoms with Crippen LogP contribution in [0, 0.1) is 0 Å². The van der Waals surface area contributed by atoms with Crippen molar-refractivity contribution < 1.29 is 27.5 Å². The molecule has 0 unspecified atom stereocenters. The van der Waals surface area contributed by atoms with Gasteiger partial charge in [-0.05, 0) is 43.2 Å². The maximum absolute atomic E-state index is 12.4. The van der Waals surface area contributed by atoms with Crippen LogP contribution in [0.3, 0.4) is 0 Å². The predicted octanol–water partition coefficient (Wildman–Crippen LogP) is 4.22. The summed E-state index contributed by atoms with van der Waals surface area (Å²) in [5.74, 6) is -0.865. The molecule has 2 amide bonds. The Kier molecular flexibility index (Phi) is 6.71. The highest BCUT2D eigenvalue weighted by molar-refractivity contribution is 6.31. The van der Waals surface area contributed by atoms with Gasteiger partial charge in [0.1, 0.15) is 5.75 Å². The van der Waals surface area contributed by atoms with Gasteiger partial charge in [-0.15, -0.1) is 0 Å². The van der Waals surface area contributed by atoms with Crippen LogP contribution in [0.5, 0.6) is 5.75 Å². The summed E-state index contributed by atoms with van der Waals surface area (Å²) >= 11 is 5.89. The lowest BCUT2D eigenvalue weighted by Crippen LogP contribution is -2.28. The van der Waals surface area contributed by atoms with Gasteiger partial charge in [-0.1, -0.05) is 23.7 Å². The minimum atomic E-state index is -4.50. The molecule has 0 bridgehead atoms. The number of halogens is 4. The second-order valence-corrected chi connectivity index (χ2v) is 7.18. The fourth-order valence-electron chi connectivity index (χ4n) is 2.58. The van der Waals surface area contributed by atoms with Crippen LogP contribution in [-0.2, 0) is 4.79 Å². The third-order valence-corrected chi connectivity index (χ3v) is 4.37. The molecule has 3 rings (SSSR count). The Morgan fingerprint density at radius 1 is 1.10 bits per heavy atom. The van der Waals surface area contributed by atoms with Crippen molar-refractivity contribution in [3.63, 3.8) is 0 Å². The maximum atomic E-state index is 12.4. The number of ether oxygens (including phenoxy) is 1. The van der Waals surface area contributed by atoms with E-state index in [0.29, 0.717) is 11.3 Å². The molecule has 1 aliphatic carbocycles. The lowest BCUT2D eigenvalue weighted by atomic mass is 10.1. The summed E-state index contributed by atoms with van der Waals surface area (Å²) in [7, 11) is 0. The number of alkyl halides is 3. The first-order valence-corrected chi connectivity index (χ1v) is 9.52. The molecule has 10 heteroatoms. The number of anilines is 2. The molecule has 6 nitrogen and oxygen atoms in total. The topological polar surface area (TPSA) is 79.5 Å². The van der Waals surface area contributed by atoms with Gasteiger partial charge in [0.15, 0.2) is 6.61 Å². The van der Waals surface area contributed by atoms with Gasteiger partial charge in [0.2, 0.25) is 5.91 Å². The molecule has 0 heterocycles. The van der Waals surface area contributed by atoms with Gasteiger partial charge in [0, 0.05) is 11.1 Å². The maximum Gasteiger partial charge on any atom is 0.422 e. The molecule has 1 aliphatic rings. The normalized spacial score (nSPS) is 13.5. The Morgan fingerprint density at radius 2 is 1.83 bits per heavy atom. The predicted molar refractivity (Wildman–Crippen MR) is 107 cm³/mol. The van der Waals surface area contributed by atoms with Crippen LogP contribution in [0.1, 0.15) is 23.2 Å². The molecule has 1 saturated carbocycles. The fraction of sp³-hybridized carbons (Fsp3) is 0.300. The Morgan fingerprint density at radius 3 is 2.53 bits per heavy atom. The lowest BCUT2D eigenvalue weighted by Gasteiger charge is -2.15. The van der Waals surface area contributed by atoms with Gasteiger partial charge >= 0.3 is 6.18 Å². The quantitative estimate of drug-likeness (QED) is 0.573. The number of benzene rings is 2. The van der Waals surface area contributed by atoms with Gasteiger partial charge in [0.05, 0.1) is 23.5 Å². The molecule has 160 valence electrons. The number of carbonyl (C=O) groups excluding carboxylic acids is 2. The first kappa shape index (κ1) is 21.8. The Labute approximate surface area is 175 Å². The van der Waals surface area contributed by atoms with E-state index in [2.05, 4.69) is 16.0 Å². The molecular formula is C20H19ClF3N3O3. The summed E-state index contributed by atoms with van der Waals surface area (Å²) in [5, 5.41) is 8.46. The largest absolute Gasteiger partial charge is 0.482 e. The van der Waals surface area contributed by atoms with Gasteiger partial charge in [-0.3, -0.25) is 9.59 Å². The van der Waals surface area contributed by atoms with Crippen LogP contribution in [0.25, 0.3) is 0 Å². The summed E-state index contributed by atoms with van der Waals surface area (Å²) < 4.78 is 42.0. The molecule has 2 aromatic carbocycles. The number of rotatable bonds is 8. The number of nitrogens with one attached hydrogen (secondary N) is 3. The molecule has 0 spiro atoms. The molecule has 30 heavy (non-hydrogen) atoms. The summed E-state index contributed by atoms with van der Waals surface area (Å²) in [6.07, 6.45) is -2.63. The number of para-hydroxylation sites is 1. The minimum Gasteiger partial charge on any atom is -0.482 e. The minimum absolute atomic E-state index is 0.0891. The zero-order valence-electron chi connectivity index (χ0n) is 15.7. The summed E-state index contributed by atoms with van der Waals surface area (Å²) in [6.45, 7) is -1.75. The van der Waals surface area contributed by atoms with E-state index in [1.807, 2.05) is 0 Å². The zero-order chi connectivity index (χ0) is 21.7. The molecule has 0 atom stereocenters. The van der Waals surface area contributed by atoms with Crippen molar-refractivity contribution in [2.75, 3.05) is 23.8 Å². The Balaban J connectivity index is 1.62. The van der Waals surface area contributed by atoms with Crippen molar-refractivity contribution >= 4 is 34.8 Å². The first-order chi connectivity index (χ1) is 14.2. The summed E-state index contributed by atoms with van der Waals surface area (Å²) in [6, 6.07) is 10.7. The fourth-order valence-corrected chi connectivity index (χ4v) is 2.75. The van der Waals surface area contributed by atoms with Gasteiger partial charge in [-0.2, -0.15) is 13.2 Å². The van der Waals surface area contributed by atoms with Crippen molar-refractivity contribution in [2.45, 2.75) is 25.1 Å². The Hall–Kier alpha value is -2.94. The molecule has 1 fully saturated rings. The van der Waals surface area contributed by atoms with E-state index in [9.17, 15) is 22.8 Å². The van der Waals surface area contributed by atoms with Gasteiger partial charge in [-0.25, -0.2) is 0 Å². The number of hydrogen-bond acceptors (Lipinski definition) is 4. The van der Waals surface area contributed by atoms with E-state index < -0.39 is 18.7 Å². The van der Waals surface area contributed by atoms with Crippen LogP contribution in [-0.4, -0.2) is 37.2 Å². The van der Waals surface area contributed by atoms with Crippen molar-refractivity contribution in [1.29, 1.82) is 0 Å². The summed E-state index contributed by atoms with van der Waals surface area (Å²) in [5.41, 5.74) is 0.804. The third kappa shape index (κ3) is 6.55. The SMILES string of the molecule is O=C(CNc1cc(Cl)ccc1OCC(F)(F)F)Nc1ccccc1C(=O)NC1CC1. The van der Waals surface area contributed by atoms with Crippen LogP contribution >= 0.6 is 11.6 Å². The van der Waals surface area contributed by atoms with Crippen molar-refractivity contribution in [3.8, 4) is 5.75 Å². The third-order valence-electron chi connectivity index (χ3n) is 4.13. The van der Waals surface area contributed by atoms with Crippen molar-refractivity contribution in [2.24, 2.45) is 0 Å². The smallest absolute Gasteiger partial charge is 0.422 e. The second-order valence-electron chi connectivity index (χ2n) is 6.74. The van der Waals surface area contributed by atoms with Gasteiger partial charge < -0.3 is 20.7 Å². The van der Waals surface area contributed by atoms with E-state index in [-0.39, 0.29) is 35.0 Å². The van der Waals surface area contributed by atoms with E-state index in [1.54, 1.807) is 24.3 Å². The molecule has 0 radical (unpaired) electrons. The molecule has 0 saturated heterocycles. The van der Waals surface area contributed by atoms with Crippen LogP contribution < -0.4 is 20.7 Å².